The van der Waals surface area contributed by atoms with Crippen molar-refractivity contribution in [1.82, 2.24) is 19.9 Å². The topological polar surface area (TPSA) is 57.4 Å². The minimum Gasteiger partial charge on any atom is -0.354 e. The molecule has 4 heteroatoms. The van der Waals surface area contributed by atoms with Gasteiger partial charge in [0, 0.05) is 65.9 Å². The van der Waals surface area contributed by atoms with Crippen molar-refractivity contribution >= 4 is 43.6 Å². The number of fused-ring (bicyclic) bond motifs is 20. The zero-order chi connectivity index (χ0) is 29.2. The summed E-state index contributed by atoms with van der Waals surface area (Å²) < 4.78 is 0. The molecule has 2 N–H and O–H groups in total. The van der Waals surface area contributed by atoms with Crippen LogP contribution in [0.1, 0.15) is 25.3 Å². The van der Waals surface area contributed by atoms with Gasteiger partial charge in [0.25, 0.3) is 0 Å². The molecule has 5 heterocycles. The van der Waals surface area contributed by atoms with Crippen molar-refractivity contribution in [3.63, 3.8) is 0 Å². The number of H-pyrrole nitrogens is 2. The summed E-state index contributed by atoms with van der Waals surface area (Å²) in [5.41, 5.74) is 14.2. The van der Waals surface area contributed by atoms with E-state index in [-0.39, 0.29) is 0 Å². The first-order valence-corrected chi connectivity index (χ1v) is 15.5. The molecule has 0 saturated heterocycles. The Morgan fingerprint density at radius 3 is 1.55 bits per heavy atom. The molecule has 44 heavy (non-hydrogen) atoms. The van der Waals surface area contributed by atoms with Crippen LogP contribution in [0.4, 0.5) is 0 Å². The third-order valence-corrected chi connectivity index (χ3v) is 9.14. The Balaban J connectivity index is 1.53. The van der Waals surface area contributed by atoms with Crippen molar-refractivity contribution in [3.05, 3.63) is 121 Å². The lowest BCUT2D eigenvalue weighted by Crippen LogP contribution is -1.91. The summed E-state index contributed by atoms with van der Waals surface area (Å²) in [6.07, 6.45) is 3.13. The maximum Gasteiger partial charge on any atom is 0.0769 e. The van der Waals surface area contributed by atoms with E-state index in [9.17, 15) is 0 Å². The molecule has 0 saturated carbocycles. The summed E-state index contributed by atoms with van der Waals surface area (Å²) in [4.78, 5) is 18.3. The van der Waals surface area contributed by atoms with Gasteiger partial charge in [-0.3, -0.25) is 0 Å². The van der Waals surface area contributed by atoms with E-state index in [1.54, 1.807) is 0 Å². The molecule has 2 aliphatic rings. The number of aromatic nitrogens is 4. The predicted octanol–water partition coefficient (Wildman–Crippen LogP) is 10.6. The van der Waals surface area contributed by atoms with Crippen LogP contribution in [0.3, 0.4) is 0 Å². The maximum atomic E-state index is 5.42. The third-order valence-electron chi connectivity index (χ3n) is 9.14. The summed E-state index contributed by atoms with van der Waals surface area (Å²) in [6, 6.07) is 41.2. The largest absolute Gasteiger partial charge is 0.354 e. The van der Waals surface area contributed by atoms with E-state index in [1.807, 2.05) is 0 Å². The highest BCUT2D eigenvalue weighted by atomic mass is 14.8. The molecule has 210 valence electrons. The van der Waals surface area contributed by atoms with Crippen LogP contribution < -0.4 is 0 Å². The Hall–Kier alpha value is -5.48. The standard InChI is InChI=1S/C40H30N4/c1-2-3-12-32-39-30-19-10-8-17-28(30)37(43-39)22-35-26-15-6-4-13-24(26)33(41-35)21-34-25-14-5-7-16-27(25)36(42-34)23-38-29-18-9-11-20-31(29)40(32)44-38/h4-11,13-23,41,44H,2-3,12H2,1H3. The van der Waals surface area contributed by atoms with Crippen molar-refractivity contribution in [1.29, 1.82) is 0 Å². The zero-order valence-electron chi connectivity index (χ0n) is 24.5. The monoisotopic (exact) mass is 566 g/mol. The Labute approximate surface area is 255 Å². The number of rotatable bonds is 3. The molecule has 0 spiro atoms. The van der Waals surface area contributed by atoms with Crippen LogP contribution in [0.2, 0.25) is 0 Å². The summed E-state index contributed by atoms with van der Waals surface area (Å²) >= 11 is 0. The highest BCUT2D eigenvalue weighted by Gasteiger charge is 2.22. The van der Waals surface area contributed by atoms with E-state index in [2.05, 4.69) is 132 Å². The number of aromatic amines is 2. The van der Waals surface area contributed by atoms with Gasteiger partial charge in [-0.2, -0.15) is 0 Å². The number of aryl methyl sites for hydroxylation is 1. The van der Waals surface area contributed by atoms with Gasteiger partial charge in [0.05, 0.1) is 28.3 Å². The zero-order valence-corrected chi connectivity index (χ0v) is 24.5. The first-order chi connectivity index (χ1) is 21.8. The van der Waals surface area contributed by atoms with Crippen LogP contribution in [0.25, 0.3) is 88.6 Å². The number of benzene rings is 4. The van der Waals surface area contributed by atoms with E-state index in [0.717, 1.165) is 75.2 Å². The molecule has 4 aromatic carbocycles. The maximum absolute atomic E-state index is 5.42. The van der Waals surface area contributed by atoms with Crippen molar-refractivity contribution in [2.45, 2.75) is 26.2 Å². The second-order valence-corrected chi connectivity index (χ2v) is 11.8. The Bertz CT molecular complexity index is 2440. The van der Waals surface area contributed by atoms with Gasteiger partial charge < -0.3 is 9.97 Å². The van der Waals surface area contributed by atoms with Crippen molar-refractivity contribution < 1.29 is 0 Å². The first kappa shape index (κ1) is 25.1. The van der Waals surface area contributed by atoms with Crippen molar-refractivity contribution in [3.8, 4) is 45.0 Å². The number of nitrogens with zero attached hydrogens (tertiary/aromatic N) is 2. The Morgan fingerprint density at radius 1 is 0.500 bits per heavy atom. The number of hydrogen-bond acceptors (Lipinski definition) is 2. The van der Waals surface area contributed by atoms with Crippen LogP contribution in [0, 0.1) is 0 Å². The number of unbranched alkanes of at least 4 members (excludes halogenated alkanes) is 1. The van der Waals surface area contributed by atoms with Crippen LogP contribution >= 0.6 is 0 Å². The van der Waals surface area contributed by atoms with Crippen LogP contribution in [-0.2, 0) is 6.42 Å². The molecule has 0 amide bonds. The van der Waals surface area contributed by atoms with Crippen molar-refractivity contribution in [2.24, 2.45) is 0 Å². The molecular formula is C40H30N4. The summed E-state index contributed by atoms with van der Waals surface area (Å²) in [5, 5.41) is 4.76. The quantitative estimate of drug-likeness (QED) is 0.223. The lowest BCUT2D eigenvalue weighted by molar-refractivity contribution is 0.798. The van der Waals surface area contributed by atoms with Gasteiger partial charge in [-0.1, -0.05) is 110 Å². The average Bonchev–Trinajstić information content (AvgIpc) is 3.81. The van der Waals surface area contributed by atoms with Gasteiger partial charge >= 0.3 is 0 Å². The number of hydrogen-bond donors (Lipinski definition) is 2. The highest BCUT2D eigenvalue weighted by molar-refractivity contribution is 6.11. The van der Waals surface area contributed by atoms with E-state index >= 15 is 0 Å². The smallest absolute Gasteiger partial charge is 0.0769 e. The van der Waals surface area contributed by atoms with Gasteiger partial charge in [-0.05, 0) is 31.0 Å². The summed E-state index contributed by atoms with van der Waals surface area (Å²) in [6.45, 7) is 2.26. The SMILES string of the molecule is CCCCc1c2nc(cc3[nH]c(cc4nc(cc5[nH]c1c1ccccc51)-c1ccccc1-4)c1ccccc31)-c1ccccc1-2. The second kappa shape index (κ2) is 9.78. The third kappa shape index (κ3) is 3.77. The summed E-state index contributed by atoms with van der Waals surface area (Å²) in [7, 11) is 0. The van der Waals surface area contributed by atoms with Gasteiger partial charge in [0.15, 0.2) is 0 Å². The van der Waals surface area contributed by atoms with Crippen LogP contribution in [0.15, 0.2) is 115 Å². The van der Waals surface area contributed by atoms with Crippen LogP contribution in [0.5, 0.6) is 0 Å². The van der Waals surface area contributed by atoms with E-state index in [1.165, 1.54) is 38.2 Å². The lowest BCUT2D eigenvalue weighted by atomic mass is 9.98. The van der Waals surface area contributed by atoms with Gasteiger partial charge in [-0.25, -0.2) is 9.97 Å². The molecule has 7 aromatic rings. The Morgan fingerprint density at radius 2 is 0.955 bits per heavy atom. The van der Waals surface area contributed by atoms with Gasteiger partial charge in [0.1, 0.15) is 0 Å². The molecule has 0 atom stereocenters. The second-order valence-electron chi connectivity index (χ2n) is 11.8. The van der Waals surface area contributed by atoms with Crippen LogP contribution in [-0.4, -0.2) is 19.9 Å². The molecule has 0 unspecified atom stereocenters. The van der Waals surface area contributed by atoms with Gasteiger partial charge in [0.2, 0.25) is 0 Å². The molecule has 0 aliphatic carbocycles. The molecule has 9 rings (SSSR count). The normalized spacial score (nSPS) is 12.0. The van der Waals surface area contributed by atoms with E-state index < -0.39 is 0 Å². The fourth-order valence-corrected chi connectivity index (χ4v) is 7.04. The van der Waals surface area contributed by atoms with Crippen molar-refractivity contribution in [2.75, 3.05) is 0 Å². The molecule has 8 bridgehead atoms. The number of nitrogens with one attached hydrogen (secondary N) is 2. The van der Waals surface area contributed by atoms with E-state index in [4.69, 9.17) is 9.97 Å². The molecule has 0 fully saturated rings. The molecule has 4 nitrogen and oxygen atoms in total. The lowest BCUT2D eigenvalue weighted by Gasteiger charge is -2.06. The fourth-order valence-electron chi connectivity index (χ4n) is 7.04. The summed E-state index contributed by atoms with van der Waals surface area (Å²) in [5.74, 6) is 0. The minimum atomic E-state index is 0.938. The first-order valence-electron chi connectivity index (χ1n) is 15.5. The molecule has 3 aromatic heterocycles. The average molecular weight is 567 g/mol. The fraction of sp³-hybridized carbons (Fsp3) is 0.100. The highest BCUT2D eigenvalue weighted by Crippen LogP contribution is 2.42. The Kier molecular flexibility index (Phi) is 5.57. The van der Waals surface area contributed by atoms with E-state index in [0.29, 0.717) is 0 Å². The van der Waals surface area contributed by atoms with Gasteiger partial charge in [-0.15, -0.1) is 0 Å². The molecule has 2 aliphatic heterocycles. The minimum absolute atomic E-state index is 0.938. The molecule has 0 radical (unpaired) electrons. The molecular weight excluding hydrogens is 536 g/mol. The predicted molar refractivity (Wildman–Crippen MR) is 183 cm³/mol.